The molecular formula is C53H54ClFN2O9. The number of nitrogens with one attached hydrogen (secondary N) is 1. The van der Waals surface area contributed by atoms with Gasteiger partial charge in [0.1, 0.15) is 11.6 Å². The molecule has 0 saturated heterocycles. The molecule has 1 heterocycles. The van der Waals surface area contributed by atoms with Crippen LogP contribution in [0, 0.1) is 5.82 Å². The maximum atomic E-state index is 14.3. The standard InChI is InChI=1S/C53H54ClFN2O9/c1-34(2)48-47(51(62)56-41-14-9-6-10-15-41)46(35-12-7-5-8-13-35)49(36-18-24-40(55)25-19-36)57(48)29-28-42(58)32-43(59)33-45(60)64-30-11-31-65-52(63)53(3,4)66-44-26-20-38(21-27-44)50(61)37-16-22-39(54)23-17-37/h5-10,12-27,34,42-43,58-59H,11,28-33H2,1-4H3,(H,56,62)/t42-,43-/m1/s1. The van der Waals surface area contributed by atoms with E-state index in [0.717, 1.165) is 11.3 Å². The summed E-state index contributed by atoms with van der Waals surface area (Å²) >= 11 is 5.93. The molecule has 0 spiro atoms. The Hall–Kier alpha value is -6.60. The van der Waals surface area contributed by atoms with Crippen molar-refractivity contribution in [3.05, 3.63) is 167 Å². The number of aromatic nitrogens is 1. The topological polar surface area (TPSA) is 153 Å². The molecule has 0 unspecified atom stereocenters. The monoisotopic (exact) mass is 916 g/mol. The van der Waals surface area contributed by atoms with Crippen molar-refractivity contribution in [3.8, 4) is 28.1 Å². The van der Waals surface area contributed by atoms with Gasteiger partial charge >= 0.3 is 11.9 Å². The highest BCUT2D eigenvalue weighted by molar-refractivity contribution is 6.30. The second-order valence-corrected chi connectivity index (χ2v) is 17.1. The summed E-state index contributed by atoms with van der Waals surface area (Å²) in [5.41, 5.74) is 4.14. The number of aliphatic hydroxyl groups excluding tert-OH is 2. The molecule has 5 aromatic carbocycles. The number of amides is 1. The van der Waals surface area contributed by atoms with Crippen molar-refractivity contribution in [2.75, 3.05) is 18.5 Å². The van der Waals surface area contributed by atoms with Gasteiger partial charge in [0.2, 0.25) is 0 Å². The van der Waals surface area contributed by atoms with Crippen LogP contribution in [0.1, 0.15) is 91.3 Å². The molecule has 0 fully saturated rings. The molecule has 0 saturated carbocycles. The zero-order chi connectivity index (χ0) is 47.4. The fourth-order valence-corrected chi connectivity index (χ4v) is 7.74. The van der Waals surface area contributed by atoms with E-state index in [1.165, 1.54) is 12.1 Å². The zero-order valence-corrected chi connectivity index (χ0v) is 38.1. The molecule has 0 bridgehead atoms. The van der Waals surface area contributed by atoms with Crippen molar-refractivity contribution in [1.82, 2.24) is 4.57 Å². The molecule has 0 aliphatic heterocycles. The number of esters is 2. The lowest BCUT2D eigenvalue weighted by Crippen LogP contribution is -2.40. The Bertz CT molecular complexity index is 2580. The van der Waals surface area contributed by atoms with Gasteiger partial charge in [-0.15, -0.1) is 0 Å². The number of benzene rings is 5. The predicted octanol–water partition coefficient (Wildman–Crippen LogP) is 10.4. The molecule has 0 aliphatic carbocycles. The molecule has 11 nitrogen and oxygen atoms in total. The van der Waals surface area contributed by atoms with Gasteiger partial charge in [-0.05, 0) is 129 Å². The van der Waals surface area contributed by atoms with Gasteiger partial charge in [-0.25, -0.2) is 9.18 Å². The fourth-order valence-electron chi connectivity index (χ4n) is 7.62. The molecule has 1 amide bonds. The summed E-state index contributed by atoms with van der Waals surface area (Å²) in [5, 5.41) is 25.6. The Labute approximate surface area is 389 Å². The number of ketones is 1. The largest absolute Gasteiger partial charge is 0.476 e. The molecular weight excluding hydrogens is 863 g/mol. The first-order valence-corrected chi connectivity index (χ1v) is 22.2. The minimum Gasteiger partial charge on any atom is -0.476 e. The number of hydrogen-bond acceptors (Lipinski definition) is 9. The Balaban J connectivity index is 1.02. The van der Waals surface area contributed by atoms with E-state index in [-0.39, 0.29) is 63.1 Å². The Morgan fingerprint density at radius 2 is 1.33 bits per heavy atom. The third kappa shape index (κ3) is 12.8. The van der Waals surface area contributed by atoms with E-state index in [2.05, 4.69) is 5.32 Å². The fraction of sp³-hybridized carbons (Fsp3) is 0.283. The van der Waals surface area contributed by atoms with Crippen LogP contribution in [0.4, 0.5) is 10.1 Å². The smallest absolute Gasteiger partial charge is 0.349 e. The number of carbonyl (C=O) groups is 4. The number of hydrogen-bond donors (Lipinski definition) is 3. The van der Waals surface area contributed by atoms with Crippen molar-refractivity contribution >= 4 is 40.9 Å². The summed E-state index contributed by atoms with van der Waals surface area (Å²) in [6.07, 6.45) is -2.41. The maximum Gasteiger partial charge on any atom is 0.349 e. The summed E-state index contributed by atoms with van der Waals surface area (Å²) < 4.78 is 32.8. The van der Waals surface area contributed by atoms with Crippen LogP contribution >= 0.6 is 11.6 Å². The van der Waals surface area contributed by atoms with Gasteiger partial charge in [0, 0.05) is 46.1 Å². The van der Waals surface area contributed by atoms with E-state index in [1.807, 2.05) is 66.9 Å². The van der Waals surface area contributed by atoms with E-state index in [1.54, 1.807) is 86.6 Å². The molecule has 3 N–H and O–H groups in total. The third-order valence-electron chi connectivity index (χ3n) is 10.8. The van der Waals surface area contributed by atoms with Crippen molar-refractivity contribution in [3.63, 3.8) is 0 Å². The number of carbonyl (C=O) groups excluding carboxylic acids is 4. The normalized spacial score (nSPS) is 12.3. The van der Waals surface area contributed by atoms with Crippen LogP contribution in [-0.4, -0.2) is 69.4 Å². The number of halogens is 2. The first kappa shape index (κ1) is 48.8. The van der Waals surface area contributed by atoms with E-state index < -0.39 is 35.6 Å². The molecule has 66 heavy (non-hydrogen) atoms. The van der Waals surface area contributed by atoms with Crippen LogP contribution in [0.2, 0.25) is 5.02 Å². The van der Waals surface area contributed by atoms with E-state index in [4.69, 9.17) is 25.8 Å². The average molecular weight is 917 g/mol. The second kappa shape index (κ2) is 22.5. The van der Waals surface area contributed by atoms with Crippen molar-refractivity contribution < 1.29 is 48.0 Å². The Kier molecular flexibility index (Phi) is 16.7. The minimum absolute atomic E-state index is 0.0615. The predicted molar refractivity (Wildman–Crippen MR) is 252 cm³/mol. The highest BCUT2D eigenvalue weighted by Crippen LogP contribution is 2.43. The first-order chi connectivity index (χ1) is 31.6. The van der Waals surface area contributed by atoms with Crippen LogP contribution in [0.15, 0.2) is 133 Å². The molecule has 6 rings (SSSR count). The number of nitrogens with zero attached hydrogens (tertiary/aromatic N) is 1. The Morgan fingerprint density at radius 1 is 0.742 bits per heavy atom. The van der Waals surface area contributed by atoms with Crippen LogP contribution in [-0.2, 0) is 25.6 Å². The van der Waals surface area contributed by atoms with Crippen molar-refractivity contribution in [2.45, 2.75) is 83.6 Å². The SMILES string of the molecule is CC(C)c1c(C(=O)Nc2ccccc2)c(-c2ccccc2)c(-c2ccc(F)cc2)n1CC[C@@H](O)C[C@@H](O)CC(=O)OCCCOC(=O)C(C)(C)Oc1ccc(C(=O)c2ccc(Cl)cc2)cc1. The maximum absolute atomic E-state index is 14.3. The highest BCUT2D eigenvalue weighted by Gasteiger charge is 2.33. The van der Waals surface area contributed by atoms with Gasteiger partial charge < -0.3 is 34.3 Å². The number of aliphatic hydroxyl groups is 2. The summed E-state index contributed by atoms with van der Waals surface area (Å²) in [6.45, 7) is 7.16. The van der Waals surface area contributed by atoms with Gasteiger partial charge in [-0.2, -0.15) is 0 Å². The van der Waals surface area contributed by atoms with Crippen molar-refractivity contribution in [2.24, 2.45) is 0 Å². The summed E-state index contributed by atoms with van der Waals surface area (Å²) in [6, 6.07) is 37.7. The number of anilines is 1. The van der Waals surface area contributed by atoms with Crippen LogP contribution in [0.25, 0.3) is 22.4 Å². The van der Waals surface area contributed by atoms with E-state index >= 15 is 0 Å². The van der Waals surface area contributed by atoms with E-state index in [0.29, 0.717) is 50.0 Å². The molecule has 1 aromatic heterocycles. The number of para-hydroxylation sites is 1. The van der Waals surface area contributed by atoms with Gasteiger partial charge in [-0.1, -0.05) is 74.0 Å². The van der Waals surface area contributed by atoms with Crippen LogP contribution in [0.3, 0.4) is 0 Å². The Morgan fingerprint density at radius 3 is 1.95 bits per heavy atom. The van der Waals surface area contributed by atoms with Gasteiger partial charge in [0.25, 0.3) is 5.91 Å². The first-order valence-electron chi connectivity index (χ1n) is 21.8. The third-order valence-corrected chi connectivity index (χ3v) is 11.0. The lowest BCUT2D eigenvalue weighted by molar-refractivity contribution is -0.160. The van der Waals surface area contributed by atoms with Gasteiger partial charge in [0.05, 0.1) is 43.1 Å². The zero-order valence-electron chi connectivity index (χ0n) is 37.3. The summed E-state index contributed by atoms with van der Waals surface area (Å²) in [4.78, 5) is 52.7. The molecule has 0 radical (unpaired) electrons. The minimum atomic E-state index is -1.37. The molecule has 344 valence electrons. The lowest BCUT2D eigenvalue weighted by Gasteiger charge is -2.24. The van der Waals surface area contributed by atoms with Gasteiger partial charge in [-0.3, -0.25) is 14.4 Å². The van der Waals surface area contributed by atoms with Crippen LogP contribution < -0.4 is 10.1 Å². The molecule has 0 aliphatic rings. The highest BCUT2D eigenvalue weighted by atomic mass is 35.5. The summed E-state index contributed by atoms with van der Waals surface area (Å²) in [5.74, 6) is -2.05. The van der Waals surface area contributed by atoms with Crippen LogP contribution in [0.5, 0.6) is 5.75 Å². The lowest BCUT2D eigenvalue weighted by atomic mass is 9.94. The number of rotatable bonds is 21. The summed E-state index contributed by atoms with van der Waals surface area (Å²) in [7, 11) is 0. The van der Waals surface area contributed by atoms with E-state index in [9.17, 15) is 33.8 Å². The van der Waals surface area contributed by atoms with Gasteiger partial charge in [0.15, 0.2) is 11.4 Å². The second-order valence-electron chi connectivity index (χ2n) is 16.7. The van der Waals surface area contributed by atoms with Crippen molar-refractivity contribution in [1.29, 1.82) is 0 Å². The molecule has 6 aromatic rings. The molecule has 13 heteroatoms. The molecule has 2 atom stereocenters. The number of ether oxygens (including phenoxy) is 3. The average Bonchev–Trinajstić information content (AvgIpc) is 3.65. The quantitative estimate of drug-likeness (QED) is 0.0364.